The van der Waals surface area contributed by atoms with Crippen LogP contribution in [-0.2, 0) is 4.79 Å². The first-order valence-electron chi connectivity index (χ1n) is 6.68. The van der Waals surface area contributed by atoms with Crippen molar-refractivity contribution in [2.45, 2.75) is 38.5 Å². The third-order valence-electron chi connectivity index (χ3n) is 3.89. The Morgan fingerprint density at radius 2 is 1.95 bits per heavy atom. The van der Waals surface area contributed by atoms with Gasteiger partial charge in [0.1, 0.15) is 6.26 Å². The molecule has 0 unspecified atom stereocenters. The molecule has 1 heterocycles. The lowest BCUT2D eigenvalue weighted by Crippen LogP contribution is -2.42. The number of carboxylic acid groups (broad SMARTS) is 1. The lowest BCUT2D eigenvalue weighted by molar-refractivity contribution is -0.149. The molecule has 0 saturated heterocycles. The molecule has 1 aliphatic carbocycles. The summed E-state index contributed by atoms with van der Waals surface area (Å²) < 4.78 is 4.84. The molecular formula is C14H19NO4. The van der Waals surface area contributed by atoms with E-state index >= 15 is 0 Å². The molecule has 1 amide bonds. The molecule has 1 fully saturated rings. The minimum Gasteiger partial charge on any atom is -0.481 e. The lowest BCUT2D eigenvalue weighted by Gasteiger charge is -2.28. The molecule has 1 aromatic heterocycles. The van der Waals surface area contributed by atoms with Gasteiger partial charge in [0.15, 0.2) is 0 Å². The van der Waals surface area contributed by atoms with E-state index in [0.717, 1.165) is 25.7 Å². The van der Waals surface area contributed by atoms with E-state index in [4.69, 9.17) is 4.42 Å². The Balaban J connectivity index is 2.00. The number of rotatable bonds is 4. The Labute approximate surface area is 112 Å². The molecule has 2 rings (SSSR count). The van der Waals surface area contributed by atoms with Crippen LogP contribution < -0.4 is 5.32 Å². The number of hydrogen-bond acceptors (Lipinski definition) is 3. The highest BCUT2D eigenvalue weighted by molar-refractivity contribution is 5.94. The first-order chi connectivity index (χ1) is 9.14. The monoisotopic (exact) mass is 265 g/mol. The summed E-state index contributed by atoms with van der Waals surface area (Å²) in [5.74, 6) is -1.08. The summed E-state index contributed by atoms with van der Waals surface area (Å²) in [6.07, 6.45) is 8.02. The van der Waals surface area contributed by atoms with E-state index in [1.165, 1.54) is 12.5 Å². The second-order valence-corrected chi connectivity index (χ2v) is 5.19. The highest BCUT2D eigenvalue weighted by atomic mass is 16.4. The van der Waals surface area contributed by atoms with Gasteiger partial charge in [-0.3, -0.25) is 9.59 Å². The molecule has 0 spiro atoms. The molecule has 1 aliphatic rings. The van der Waals surface area contributed by atoms with Crippen molar-refractivity contribution in [3.8, 4) is 0 Å². The van der Waals surface area contributed by atoms with Crippen molar-refractivity contribution < 1.29 is 19.1 Å². The molecule has 5 heteroatoms. The van der Waals surface area contributed by atoms with Crippen LogP contribution in [0.1, 0.15) is 48.9 Å². The smallest absolute Gasteiger partial charge is 0.311 e. The molecule has 0 atom stereocenters. The zero-order chi connectivity index (χ0) is 13.7. The number of carboxylic acids is 1. The highest BCUT2D eigenvalue weighted by Gasteiger charge is 2.38. The van der Waals surface area contributed by atoms with E-state index < -0.39 is 11.4 Å². The molecule has 0 aliphatic heterocycles. The van der Waals surface area contributed by atoms with Crippen LogP contribution in [0.4, 0.5) is 0 Å². The van der Waals surface area contributed by atoms with Gasteiger partial charge in [0.25, 0.3) is 5.91 Å². The zero-order valence-corrected chi connectivity index (χ0v) is 10.9. The predicted molar refractivity (Wildman–Crippen MR) is 68.8 cm³/mol. The van der Waals surface area contributed by atoms with Crippen molar-refractivity contribution in [1.29, 1.82) is 0 Å². The topological polar surface area (TPSA) is 79.5 Å². The van der Waals surface area contributed by atoms with Gasteiger partial charge < -0.3 is 14.8 Å². The van der Waals surface area contributed by atoms with Gasteiger partial charge in [0.05, 0.1) is 17.2 Å². The standard InChI is InChI=1S/C14H19NO4/c16-12(11-5-8-19-9-11)15-10-14(13(17)18)6-3-1-2-4-7-14/h5,8-9H,1-4,6-7,10H2,(H,15,16)(H,17,18). The Morgan fingerprint density at radius 3 is 2.47 bits per heavy atom. The van der Waals surface area contributed by atoms with Gasteiger partial charge in [-0.1, -0.05) is 25.7 Å². The molecule has 2 N–H and O–H groups in total. The van der Waals surface area contributed by atoms with E-state index in [0.29, 0.717) is 18.4 Å². The SMILES string of the molecule is O=C(NCC1(C(=O)O)CCCCCC1)c1ccoc1. The van der Waals surface area contributed by atoms with E-state index in [1.54, 1.807) is 6.07 Å². The fourth-order valence-electron chi connectivity index (χ4n) is 2.62. The number of hydrogen-bond donors (Lipinski definition) is 2. The maximum atomic E-state index is 11.8. The fraction of sp³-hybridized carbons (Fsp3) is 0.571. The van der Waals surface area contributed by atoms with Gasteiger partial charge in [0, 0.05) is 6.54 Å². The number of carbonyl (C=O) groups excluding carboxylic acids is 1. The Kier molecular flexibility index (Phi) is 4.24. The molecule has 19 heavy (non-hydrogen) atoms. The summed E-state index contributed by atoms with van der Waals surface area (Å²) >= 11 is 0. The van der Waals surface area contributed by atoms with Crippen molar-refractivity contribution in [3.63, 3.8) is 0 Å². The summed E-state index contributed by atoms with van der Waals surface area (Å²) in [6, 6.07) is 1.57. The summed E-state index contributed by atoms with van der Waals surface area (Å²) in [5.41, 5.74) is -0.384. The van der Waals surface area contributed by atoms with Gasteiger partial charge in [-0.25, -0.2) is 0 Å². The average molecular weight is 265 g/mol. The van der Waals surface area contributed by atoms with E-state index in [-0.39, 0.29) is 12.5 Å². The van der Waals surface area contributed by atoms with Crippen molar-refractivity contribution in [2.24, 2.45) is 5.41 Å². The van der Waals surface area contributed by atoms with Crippen LogP contribution in [0, 0.1) is 5.41 Å². The van der Waals surface area contributed by atoms with Crippen LogP contribution in [0.15, 0.2) is 23.0 Å². The average Bonchev–Trinajstić information content (AvgIpc) is 2.82. The molecule has 0 aromatic carbocycles. The second-order valence-electron chi connectivity index (χ2n) is 5.19. The van der Waals surface area contributed by atoms with Crippen molar-refractivity contribution >= 4 is 11.9 Å². The van der Waals surface area contributed by atoms with Crippen molar-refractivity contribution in [1.82, 2.24) is 5.32 Å². The lowest BCUT2D eigenvalue weighted by atomic mass is 9.80. The molecule has 1 saturated carbocycles. The molecular weight excluding hydrogens is 246 g/mol. The summed E-state index contributed by atoms with van der Waals surface area (Å²) in [7, 11) is 0. The number of amides is 1. The third kappa shape index (κ3) is 3.16. The van der Waals surface area contributed by atoms with Crippen LogP contribution in [0.2, 0.25) is 0 Å². The molecule has 0 radical (unpaired) electrons. The summed E-state index contributed by atoms with van der Waals surface area (Å²) in [5, 5.41) is 12.2. The minimum absolute atomic E-state index is 0.187. The van der Waals surface area contributed by atoms with E-state index in [1.807, 2.05) is 0 Å². The molecule has 1 aromatic rings. The number of carbonyl (C=O) groups is 2. The first-order valence-corrected chi connectivity index (χ1v) is 6.68. The maximum absolute atomic E-state index is 11.8. The number of aliphatic carboxylic acids is 1. The van der Waals surface area contributed by atoms with Gasteiger partial charge >= 0.3 is 5.97 Å². The zero-order valence-electron chi connectivity index (χ0n) is 10.9. The van der Waals surface area contributed by atoms with Crippen molar-refractivity contribution in [3.05, 3.63) is 24.2 Å². The van der Waals surface area contributed by atoms with Crippen molar-refractivity contribution in [2.75, 3.05) is 6.54 Å². The Bertz CT molecular complexity index is 430. The fourth-order valence-corrected chi connectivity index (χ4v) is 2.62. The quantitative estimate of drug-likeness (QED) is 0.819. The van der Waals surface area contributed by atoms with Gasteiger partial charge in [-0.15, -0.1) is 0 Å². The van der Waals surface area contributed by atoms with E-state index in [9.17, 15) is 14.7 Å². The van der Waals surface area contributed by atoms with E-state index in [2.05, 4.69) is 5.32 Å². The van der Waals surface area contributed by atoms with Crippen LogP contribution >= 0.6 is 0 Å². The van der Waals surface area contributed by atoms with Gasteiger partial charge in [0.2, 0.25) is 0 Å². The highest BCUT2D eigenvalue weighted by Crippen LogP contribution is 2.34. The predicted octanol–water partition coefficient (Wildman–Crippen LogP) is 2.43. The first kappa shape index (κ1) is 13.6. The van der Waals surface area contributed by atoms with Gasteiger partial charge in [-0.2, -0.15) is 0 Å². The normalized spacial score (nSPS) is 18.5. The van der Waals surface area contributed by atoms with Crippen LogP contribution in [-0.4, -0.2) is 23.5 Å². The van der Waals surface area contributed by atoms with Crippen LogP contribution in [0.5, 0.6) is 0 Å². The number of furan rings is 1. The molecule has 5 nitrogen and oxygen atoms in total. The summed E-state index contributed by atoms with van der Waals surface area (Å²) in [4.78, 5) is 23.4. The van der Waals surface area contributed by atoms with Crippen LogP contribution in [0.3, 0.4) is 0 Å². The summed E-state index contributed by atoms with van der Waals surface area (Å²) in [6.45, 7) is 0.187. The Hall–Kier alpha value is -1.78. The second kappa shape index (κ2) is 5.91. The number of nitrogens with one attached hydrogen (secondary N) is 1. The minimum atomic E-state index is -0.810. The third-order valence-corrected chi connectivity index (χ3v) is 3.89. The molecule has 104 valence electrons. The molecule has 0 bridgehead atoms. The Morgan fingerprint density at radius 1 is 1.26 bits per heavy atom. The van der Waals surface area contributed by atoms with Crippen LogP contribution in [0.25, 0.3) is 0 Å². The van der Waals surface area contributed by atoms with Gasteiger partial charge in [-0.05, 0) is 18.9 Å². The maximum Gasteiger partial charge on any atom is 0.311 e. The largest absolute Gasteiger partial charge is 0.481 e.